The van der Waals surface area contributed by atoms with E-state index in [1.165, 1.54) is 19.4 Å². The SMILES string of the molecule is CCc1ccc(OCC(=O)NC(C)(C)C(=O)O)cc1. The van der Waals surface area contributed by atoms with Crippen LogP contribution in [0.4, 0.5) is 0 Å². The van der Waals surface area contributed by atoms with E-state index in [0.29, 0.717) is 5.75 Å². The molecule has 0 saturated heterocycles. The Labute approximate surface area is 112 Å². The molecule has 0 aliphatic rings. The van der Waals surface area contributed by atoms with Crippen LogP contribution in [0.15, 0.2) is 24.3 Å². The highest BCUT2D eigenvalue weighted by molar-refractivity contribution is 5.86. The normalized spacial score (nSPS) is 10.9. The van der Waals surface area contributed by atoms with Crippen molar-refractivity contribution in [2.75, 3.05) is 6.61 Å². The van der Waals surface area contributed by atoms with Gasteiger partial charge in [-0.15, -0.1) is 0 Å². The molecule has 5 nitrogen and oxygen atoms in total. The van der Waals surface area contributed by atoms with Gasteiger partial charge >= 0.3 is 5.97 Å². The molecule has 1 aromatic rings. The number of aliphatic carboxylic acids is 1. The fourth-order valence-corrected chi connectivity index (χ4v) is 1.41. The Kier molecular flexibility index (Phi) is 4.92. The zero-order valence-corrected chi connectivity index (χ0v) is 11.4. The number of hydrogen-bond acceptors (Lipinski definition) is 3. The van der Waals surface area contributed by atoms with Gasteiger partial charge in [0.05, 0.1) is 0 Å². The van der Waals surface area contributed by atoms with E-state index in [2.05, 4.69) is 12.2 Å². The smallest absolute Gasteiger partial charge is 0.328 e. The Bertz CT molecular complexity index is 451. The first-order valence-corrected chi connectivity index (χ1v) is 6.11. The van der Waals surface area contributed by atoms with Crippen LogP contribution in [0.1, 0.15) is 26.3 Å². The summed E-state index contributed by atoms with van der Waals surface area (Å²) in [6.07, 6.45) is 0.938. The predicted molar refractivity (Wildman–Crippen MR) is 71.2 cm³/mol. The van der Waals surface area contributed by atoms with Crippen LogP contribution in [0.3, 0.4) is 0 Å². The first-order chi connectivity index (χ1) is 8.85. The van der Waals surface area contributed by atoms with E-state index in [1.54, 1.807) is 12.1 Å². The van der Waals surface area contributed by atoms with Crippen molar-refractivity contribution in [1.82, 2.24) is 5.32 Å². The number of aryl methyl sites for hydroxylation is 1. The minimum absolute atomic E-state index is 0.206. The zero-order chi connectivity index (χ0) is 14.5. The Morgan fingerprint density at radius 2 is 1.84 bits per heavy atom. The maximum atomic E-state index is 11.6. The van der Waals surface area contributed by atoms with Crippen molar-refractivity contribution in [3.8, 4) is 5.75 Å². The third-order valence-electron chi connectivity index (χ3n) is 2.69. The van der Waals surface area contributed by atoms with Gasteiger partial charge in [-0.3, -0.25) is 4.79 Å². The van der Waals surface area contributed by atoms with Crippen molar-refractivity contribution in [3.63, 3.8) is 0 Å². The Balaban J connectivity index is 2.48. The summed E-state index contributed by atoms with van der Waals surface area (Å²) in [6.45, 7) is 4.69. The number of benzene rings is 1. The van der Waals surface area contributed by atoms with Gasteiger partial charge in [0.1, 0.15) is 11.3 Å². The number of ether oxygens (including phenoxy) is 1. The average molecular weight is 265 g/mol. The average Bonchev–Trinajstić information content (AvgIpc) is 2.36. The van der Waals surface area contributed by atoms with Gasteiger partial charge in [-0.25, -0.2) is 4.79 Å². The molecule has 0 atom stereocenters. The fourth-order valence-electron chi connectivity index (χ4n) is 1.41. The van der Waals surface area contributed by atoms with Gasteiger partial charge in [0, 0.05) is 0 Å². The number of amides is 1. The monoisotopic (exact) mass is 265 g/mol. The molecule has 0 radical (unpaired) electrons. The lowest BCUT2D eigenvalue weighted by Crippen LogP contribution is -2.51. The van der Waals surface area contributed by atoms with E-state index < -0.39 is 17.4 Å². The van der Waals surface area contributed by atoms with Crippen LogP contribution in [0, 0.1) is 0 Å². The number of carboxylic acid groups (broad SMARTS) is 1. The van der Waals surface area contributed by atoms with Gasteiger partial charge in [0.2, 0.25) is 0 Å². The molecular formula is C14H19NO4. The highest BCUT2D eigenvalue weighted by Gasteiger charge is 2.28. The zero-order valence-electron chi connectivity index (χ0n) is 11.4. The lowest BCUT2D eigenvalue weighted by Gasteiger charge is -2.20. The van der Waals surface area contributed by atoms with Crippen LogP contribution in [-0.2, 0) is 16.0 Å². The highest BCUT2D eigenvalue weighted by atomic mass is 16.5. The molecule has 0 unspecified atom stereocenters. The van der Waals surface area contributed by atoms with Crippen molar-refractivity contribution < 1.29 is 19.4 Å². The van der Waals surface area contributed by atoms with Crippen LogP contribution >= 0.6 is 0 Å². The second-order valence-electron chi connectivity index (χ2n) is 4.76. The summed E-state index contributed by atoms with van der Waals surface area (Å²) in [4.78, 5) is 22.4. The summed E-state index contributed by atoms with van der Waals surface area (Å²) in [5, 5.41) is 11.3. The van der Waals surface area contributed by atoms with E-state index in [4.69, 9.17) is 9.84 Å². The van der Waals surface area contributed by atoms with Gasteiger partial charge in [0.15, 0.2) is 6.61 Å². The third-order valence-corrected chi connectivity index (χ3v) is 2.69. The molecule has 0 aromatic heterocycles. The van der Waals surface area contributed by atoms with Crippen molar-refractivity contribution in [3.05, 3.63) is 29.8 Å². The molecule has 0 aliphatic heterocycles. The number of carbonyl (C=O) groups is 2. The summed E-state index contributed by atoms with van der Waals surface area (Å²) in [7, 11) is 0. The number of nitrogens with one attached hydrogen (secondary N) is 1. The van der Waals surface area contributed by atoms with Crippen molar-refractivity contribution in [2.24, 2.45) is 0 Å². The summed E-state index contributed by atoms with van der Waals surface area (Å²) < 4.78 is 5.29. The quantitative estimate of drug-likeness (QED) is 0.819. The predicted octanol–water partition coefficient (Wildman–Crippen LogP) is 1.61. The molecule has 5 heteroatoms. The van der Waals surface area contributed by atoms with Crippen LogP contribution in [0.2, 0.25) is 0 Å². The van der Waals surface area contributed by atoms with Crippen LogP contribution in [0.5, 0.6) is 5.75 Å². The number of carbonyl (C=O) groups excluding carboxylic acids is 1. The molecule has 0 heterocycles. The highest BCUT2D eigenvalue weighted by Crippen LogP contribution is 2.12. The molecule has 0 spiro atoms. The third kappa shape index (κ3) is 4.62. The molecule has 1 rings (SSSR count). The molecule has 0 saturated carbocycles. The van der Waals surface area contributed by atoms with Gasteiger partial charge < -0.3 is 15.2 Å². The topological polar surface area (TPSA) is 75.6 Å². The van der Waals surface area contributed by atoms with Gasteiger partial charge in [-0.05, 0) is 38.0 Å². The van der Waals surface area contributed by atoms with Crippen LogP contribution in [-0.4, -0.2) is 29.1 Å². The van der Waals surface area contributed by atoms with Crippen LogP contribution < -0.4 is 10.1 Å². The Morgan fingerprint density at radius 1 is 1.26 bits per heavy atom. The molecule has 1 amide bonds. The Hall–Kier alpha value is -2.04. The first kappa shape index (κ1) is 15.0. The second kappa shape index (κ2) is 6.22. The molecule has 19 heavy (non-hydrogen) atoms. The molecule has 0 fully saturated rings. The number of carboxylic acids is 1. The van der Waals surface area contributed by atoms with E-state index in [1.807, 2.05) is 12.1 Å². The molecule has 0 bridgehead atoms. The Morgan fingerprint density at radius 3 is 2.32 bits per heavy atom. The molecule has 2 N–H and O–H groups in total. The minimum Gasteiger partial charge on any atom is -0.484 e. The summed E-state index contributed by atoms with van der Waals surface area (Å²) in [5.41, 5.74) is -0.115. The van der Waals surface area contributed by atoms with Gasteiger partial charge in [-0.1, -0.05) is 19.1 Å². The van der Waals surface area contributed by atoms with Crippen molar-refractivity contribution in [2.45, 2.75) is 32.7 Å². The summed E-state index contributed by atoms with van der Waals surface area (Å²) in [6, 6.07) is 7.42. The second-order valence-corrected chi connectivity index (χ2v) is 4.76. The largest absolute Gasteiger partial charge is 0.484 e. The lowest BCUT2D eigenvalue weighted by molar-refractivity contribution is -0.146. The molecule has 104 valence electrons. The molecular weight excluding hydrogens is 246 g/mol. The van der Waals surface area contributed by atoms with Crippen molar-refractivity contribution >= 4 is 11.9 Å². The van der Waals surface area contributed by atoms with Crippen LogP contribution in [0.25, 0.3) is 0 Å². The fraction of sp³-hybridized carbons (Fsp3) is 0.429. The summed E-state index contributed by atoms with van der Waals surface area (Å²) in [5.74, 6) is -0.972. The maximum absolute atomic E-state index is 11.6. The van der Waals surface area contributed by atoms with Gasteiger partial charge in [0.25, 0.3) is 5.91 Å². The molecule has 1 aromatic carbocycles. The molecule has 0 aliphatic carbocycles. The number of rotatable bonds is 6. The number of hydrogen-bond donors (Lipinski definition) is 2. The first-order valence-electron chi connectivity index (χ1n) is 6.11. The van der Waals surface area contributed by atoms with E-state index in [9.17, 15) is 9.59 Å². The summed E-state index contributed by atoms with van der Waals surface area (Å²) >= 11 is 0. The van der Waals surface area contributed by atoms with E-state index in [0.717, 1.165) is 6.42 Å². The minimum atomic E-state index is -1.30. The lowest BCUT2D eigenvalue weighted by atomic mass is 10.1. The van der Waals surface area contributed by atoms with E-state index >= 15 is 0 Å². The maximum Gasteiger partial charge on any atom is 0.328 e. The van der Waals surface area contributed by atoms with Crippen molar-refractivity contribution in [1.29, 1.82) is 0 Å². The van der Waals surface area contributed by atoms with Gasteiger partial charge in [-0.2, -0.15) is 0 Å². The van der Waals surface area contributed by atoms with E-state index in [-0.39, 0.29) is 6.61 Å². The standard InChI is InChI=1S/C14H19NO4/c1-4-10-5-7-11(8-6-10)19-9-12(16)15-14(2,3)13(17)18/h5-8H,4,9H2,1-3H3,(H,15,16)(H,17,18).